The van der Waals surface area contributed by atoms with Gasteiger partial charge in [-0.25, -0.2) is 0 Å². The first kappa shape index (κ1) is 15.3. The second-order valence-corrected chi connectivity index (χ2v) is 6.12. The zero-order valence-electron chi connectivity index (χ0n) is 12.8. The first-order valence-corrected chi connectivity index (χ1v) is 8.56. The van der Waals surface area contributed by atoms with E-state index >= 15 is 0 Å². The molecule has 0 saturated carbocycles. The molecule has 0 aliphatic heterocycles. The van der Waals surface area contributed by atoms with Gasteiger partial charge in [-0.05, 0) is 53.9 Å². The third kappa shape index (κ3) is 3.50. The average molecular weight is 287 g/mol. The maximum Gasteiger partial charge on any atom is 0.0673 e. The summed E-state index contributed by atoms with van der Waals surface area (Å²) in [5.74, 6) is 0. The molecule has 1 nitrogen and oxygen atoms in total. The Hall–Kier alpha value is -1.12. The van der Waals surface area contributed by atoms with Crippen molar-refractivity contribution in [1.29, 1.82) is 0 Å². The fraction of sp³-hybridized carbons (Fsp3) is 0.444. The molecule has 0 amide bonds. The molecule has 1 atom stereocenters. The maximum atomic E-state index is 3.72. The van der Waals surface area contributed by atoms with Crippen LogP contribution in [0.25, 0.3) is 0 Å². The van der Waals surface area contributed by atoms with Gasteiger partial charge in [-0.1, -0.05) is 45.0 Å². The molecule has 1 N–H and O–H groups in total. The smallest absolute Gasteiger partial charge is 0.0673 e. The Labute approximate surface area is 127 Å². The number of hydrogen-bond acceptors (Lipinski definition) is 2. The highest BCUT2D eigenvalue weighted by atomic mass is 32.1. The minimum absolute atomic E-state index is 0.344. The second-order valence-electron chi connectivity index (χ2n) is 5.14. The van der Waals surface area contributed by atoms with Crippen molar-refractivity contribution < 1.29 is 0 Å². The van der Waals surface area contributed by atoms with Crippen LogP contribution in [0, 0.1) is 0 Å². The van der Waals surface area contributed by atoms with Crippen LogP contribution in [0.3, 0.4) is 0 Å². The predicted molar refractivity (Wildman–Crippen MR) is 89.7 cm³/mol. The standard InChI is InChI=1S/C18H25NS/c1-4-11-19-18(17-8-7-12-20-17)16-13-14(5-2)9-10-15(16)6-3/h7-10,12-13,18-19H,4-6,11H2,1-3H3. The van der Waals surface area contributed by atoms with Crippen molar-refractivity contribution >= 4 is 11.3 Å². The monoisotopic (exact) mass is 287 g/mol. The Morgan fingerprint density at radius 1 is 1.10 bits per heavy atom. The molecule has 1 aromatic carbocycles. The Morgan fingerprint density at radius 2 is 1.95 bits per heavy atom. The van der Waals surface area contributed by atoms with Crippen LogP contribution in [-0.2, 0) is 12.8 Å². The largest absolute Gasteiger partial charge is 0.306 e. The van der Waals surface area contributed by atoms with Gasteiger partial charge >= 0.3 is 0 Å². The van der Waals surface area contributed by atoms with E-state index in [4.69, 9.17) is 0 Å². The van der Waals surface area contributed by atoms with Crippen molar-refractivity contribution in [3.8, 4) is 0 Å². The summed E-state index contributed by atoms with van der Waals surface area (Å²) in [6.45, 7) is 7.75. The summed E-state index contributed by atoms with van der Waals surface area (Å²) in [5, 5.41) is 5.90. The van der Waals surface area contributed by atoms with E-state index in [0.29, 0.717) is 6.04 Å². The molecule has 108 valence electrons. The van der Waals surface area contributed by atoms with Crippen LogP contribution in [-0.4, -0.2) is 6.54 Å². The molecule has 1 heterocycles. The second kappa shape index (κ2) is 7.61. The van der Waals surface area contributed by atoms with Gasteiger partial charge in [-0.3, -0.25) is 0 Å². The highest BCUT2D eigenvalue weighted by molar-refractivity contribution is 7.10. The maximum absolute atomic E-state index is 3.72. The van der Waals surface area contributed by atoms with Crippen LogP contribution in [0.1, 0.15) is 54.8 Å². The van der Waals surface area contributed by atoms with Gasteiger partial charge in [0.1, 0.15) is 0 Å². The third-order valence-corrected chi connectivity index (χ3v) is 4.67. The van der Waals surface area contributed by atoms with Crippen LogP contribution in [0.2, 0.25) is 0 Å². The van der Waals surface area contributed by atoms with Gasteiger partial charge in [0.15, 0.2) is 0 Å². The fourth-order valence-electron chi connectivity index (χ4n) is 2.56. The van der Waals surface area contributed by atoms with E-state index in [1.54, 1.807) is 0 Å². The lowest BCUT2D eigenvalue weighted by atomic mass is 9.94. The number of rotatable bonds is 7. The minimum atomic E-state index is 0.344. The quantitative estimate of drug-likeness (QED) is 0.758. The predicted octanol–water partition coefficient (Wildman–Crippen LogP) is 4.96. The Morgan fingerprint density at radius 3 is 2.55 bits per heavy atom. The lowest BCUT2D eigenvalue weighted by molar-refractivity contribution is 0.601. The highest BCUT2D eigenvalue weighted by Gasteiger charge is 2.17. The average Bonchev–Trinajstić information content (AvgIpc) is 3.01. The van der Waals surface area contributed by atoms with Crippen molar-refractivity contribution in [2.45, 2.75) is 46.1 Å². The van der Waals surface area contributed by atoms with E-state index in [1.165, 1.54) is 21.6 Å². The van der Waals surface area contributed by atoms with Gasteiger partial charge in [-0.15, -0.1) is 11.3 Å². The van der Waals surface area contributed by atoms with E-state index in [9.17, 15) is 0 Å². The molecule has 0 saturated heterocycles. The number of benzene rings is 1. The Balaban J connectivity index is 2.41. The van der Waals surface area contributed by atoms with Crippen LogP contribution in [0.4, 0.5) is 0 Å². The first-order chi connectivity index (χ1) is 9.80. The molecule has 1 unspecified atom stereocenters. The lowest BCUT2D eigenvalue weighted by Gasteiger charge is -2.21. The highest BCUT2D eigenvalue weighted by Crippen LogP contribution is 2.29. The zero-order chi connectivity index (χ0) is 14.4. The summed E-state index contributed by atoms with van der Waals surface area (Å²) < 4.78 is 0. The molecule has 0 spiro atoms. The van der Waals surface area contributed by atoms with Crippen LogP contribution in [0.15, 0.2) is 35.7 Å². The van der Waals surface area contributed by atoms with Crippen LogP contribution < -0.4 is 5.32 Å². The summed E-state index contributed by atoms with van der Waals surface area (Å²) >= 11 is 1.85. The van der Waals surface area contributed by atoms with E-state index < -0.39 is 0 Å². The summed E-state index contributed by atoms with van der Waals surface area (Å²) in [7, 11) is 0. The van der Waals surface area contributed by atoms with Gasteiger partial charge in [0.25, 0.3) is 0 Å². The molecule has 0 fully saturated rings. The van der Waals surface area contributed by atoms with Crippen LogP contribution in [0.5, 0.6) is 0 Å². The topological polar surface area (TPSA) is 12.0 Å². The molecule has 0 radical (unpaired) electrons. The van der Waals surface area contributed by atoms with Crippen molar-refractivity contribution in [2.75, 3.05) is 6.54 Å². The fourth-order valence-corrected chi connectivity index (χ4v) is 3.38. The molecule has 0 bridgehead atoms. The van der Waals surface area contributed by atoms with Crippen molar-refractivity contribution in [2.24, 2.45) is 0 Å². The molecule has 2 aromatic rings. The molecule has 20 heavy (non-hydrogen) atoms. The Kier molecular flexibility index (Phi) is 5.81. The van der Waals surface area contributed by atoms with Gasteiger partial charge in [0.2, 0.25) is 0 Å². The normalized spacial score (nSPS) is 12.6. The number of hydrogen-bond donors (Lipinski definition) is 1. The molecule has 0 aliphatic rings. The molecule has 0 aliphatic carbocycles. The van der Waals surface area contributed by atoms with Gasteiger partial charge in [-0.2, -0.15) is 0 Å². The van der Waals surface area contributed by atoms with E-state index in [2.05, 4.69) is 61.8 Å². The summed E-state index contributed by atoms with van der Waals surface area (Å²) in [4.78, 5) is 1.42. The number of nitrogens with one attached hydrogen (secondary N) is 1. The van der Waals surface area contributed by atoms with Crippen molar-refractivity contribution in [3.05, 3.63) is 57.3 Å². The molecule has 2 heteroatoms. The van der Waals surface area contributed by atoms with Gasteiger partial charge in [0.05, 0.1) is 6.04 Å². The first-order valence-electron chi connectivity index (χ1n) is 7.68. The Bertz CT molecular complexity index is 516. The van der Waals surface area contributed by atoms with E-state index in [-0.39, 0.29) is 0 Å². The van der Waals surface area contributed by atoms with Gasteiger partial charge in [0, 0.05) is 4.88 Å². The molecule has 1 aromatic heterocycles. The lowest BCUT2D eigenvalue weighted by Crippen LogP contribution is -2.23. The zero-order valence-corrected chi connectivity index (χ0v) is 13.6. The van der Waals surface area contributed by atoms with Crippen molar-refractivity contribution in [3.63, 3.8) is 0 Å². The minimum Gasteiger partial charge on any atom is -0.306 e. The SMILES string of the molecule is CCCNC(c1cccs1)c1cc(CC)ccc1CC. The summed E-state index contributed by atoms with van der Waals surface area (Å²) in [5.41, 5.74) is 4.35. The number of aryl methyl sites for hydroxylation is 2. The molecular formula is C18H25NS. The summed E-state index contributed by atoms with van der Waals surface area (Å²) in [6.07, 6.45) is 3.35. The van der Waals surface area contributed by atoms with E-state index in [0.717, 1.165) is 25.8 Å². The molecule has 2 rings (SSSR count). The third-order valence-electron chi connectivity index (χ3n) is 3.74. The summed E-state index contributed by atoms with van der Waals surface area (Å²) in [6, 6.07) is 11.7. The van der Waals surface area contributed by atoms with E-state index in [1.807, 2.05) is 11.3 Å². The van der Waals surface area contributed by atoms with Gasteiger partial charge < -0.3 is 5.32 Å². The molecular weight excluding hydrogens is 262 g/mol. The number of thiophene rings is 1. The van der Waals surface area contributed by atoms with Crippen molar-refractivity contribution in [1.82, 2.24) is 5.32 Å². The van der Waals surface area contributed by atoms with Crippen LogP contribution >= 0.6 is 11.3 Å².